The van der Waals surface area contributed by atoms with Gasteiger partial charge in [0.2, 0.25) is 0 Å². The number of hydrogen-bond donors (Lipinski definition) is 3. The SMILES string of the molecule is O=C(NCC(O)CN1CCCC1)Nc1ccc(Cl)c(Cl)c1. The molecule has 0 aliphatic carbocycles. The summed E-state index contributed by atoms with van der Waals surface area (Å²) >= 11 is 11.7. The molecule has 0 aromatic heterocycles. The first kappa shape index (κ1) is 16.4. The number of rotatable bonds is 5. The van der Waals surface area contributed by atoms with Crippen molar-refractivity contribution in [3.63, 3.8) is 0 Å². The smallest absolute Gasteiger partial charge is 0.319 e. The molecule has 1 atom stereocenters. The maximum atomic E-state index is 11.7. The van der Waals surface area contributed by atoms with Gasteiger partial charge in [0, 0.05) is 18.8 Å². The minimum absolute atomic E-state index is 0.212. The molecule has 0 radical (unpaired) electrons. The zero-order valence-corrected chi connectivity index (χ0v) is 13.1. The zero-order valence-electron chi connectivity index (χ0n) is 11.6. The molecule has 5 nitrogen and oxygen atoms in total. The van der Waals surface area contributed by atoms with Crippen LogP contribution in [-0.2, 0) is 0 Å². The molecular weight excluding hydrogens is 313 g/mol. The van der Waals surface area contributed by atoms with Crippen LogP contribution in [0.1, 0.15) is 12.8 Å². The number of β-amino-alcohol motifs (C(OH)–C–C–N with tert-alkyl or cyclic N) is 1. The molecular formula is C14H19Cl2N3O2. The van der Waals surface area contributed by atoms with Crippen molar-refractivity contribution in [3.8, 4) is 0 Å². The Morgan fingerprint density at radius 1 is 1.29 bits per heavy atom. The van der Waals surface area contributed by atoms with Gasteiger partial charge in [0.15, 0.2) is 0 Å². The topological polar surface area (TPSA) is 64.6 Å². The molecule has 21 heavy (non-hydrogen) atoms. The molecule has 1 fully saturated rings. The molecule has 1 aliphatic heterocycles. The third-order valence-corrected chi connectivity index (χ3v) is 4.08. The summed E-state index contributed by atoms with van der Waals surface area (Å²) in [6.45, 7) is 2.84. The largest absolute Gasteiger partial charge is 0.390 e. The predicted octanol–water partition coefficient (Wildman–Crippen LogP) is 2.57. The van der Waals surface area contributed by atoms with E-state index in [2.05, 4.69) is 15.5 Å². The van der Waals surface area contributed by atoms with E-state index in [4.69, 9.17) is 23.2 Å². The van der Waals surface area contributed by atoms with Crippen LogP contribution >= 0.6 is 23.2 Å². The van der Waals surface area contributed by atoms with Crippen molar-refractivity contribution in [1.29, 1.82) is 0 Å². The number of aliphatic hydroxyl groups excluding tert-OH is 1. The van der Waals surface area contributed by atoms with E-state index in [1.807, 2.05) is 0 Å². The number of nitrogens with zero attached hydrogens (tertiary/aromatic N) is 1. The molecule has 1 aromatic rings. The Kier molecular flexibility index (Phi) is 6.11. The Morgan fingerprint density at radius 3 is 2.67 bits per heavy atom. The molecule has 3 N–H and O–H groups in total. The second-order valence-electron chi connectivity index (χ2n) is 5.13. The number of amides is 2. The van der Waals surface area contributed by atoms with Gasteiger partial charge in [-0.05, 0) is 44.1 Å². The zero-order chi connectivity index (χ0) is 15.2. The third-order valence-electron chi connectivity index (χ3n) is 3.34. The monoisotopic (exact) mass is 331 g/mol. The van der Waals surface area contributed by atoms with E-state index in [-0.39, 0.29) is 12.6 Å². The standard InChI is InChI=1S/C14H19Cl2N3O2/c15-12-4-3-10(7-13(12)16)18-14(21)17-8-11(20)9-19-5-1-2-6-19/h3-4,7,11,20H,1-2,5-6,8-9H2,(H2,17,18,21). The van der Waals surface area contributed by atoms with E-state index in [9.17, 15) is 9.90 Å². The van der Waals surface area contributed by atoms with Crippen molar-refractivity contribution in [2.45, 2.75) is 18.9 Å². The fourth-order valence-corrected chi connectivity index (χ4v) is 2.59. The summed E-state index contributed by atoms with van der Waals surface area (Å²) in [6, 6.07) is 4.47. The van der Waals surface area contributed by atoms with E-state index < -0.39 is 6.10 Å². The summed E-state index contributed by atoms with van der Waals surface area (Å²) in [6.07, 6.45) is 1.79. The number of aliphatic hydroxyl groups is 1. The van der Waals surface area contributed by atoms with Crippen LogP contribution in [0, 0.1) is 0 Å². The summed E-state index contributed by atoms with van der Waals surface area (Å²) in [5, 5.41) is 16.0. The van der Waals surface area contributed by atoms with Crippen molar-refractivity contribution < 1.29 is 9.90 Å². The van der Waals surface area contributed by atoms with E-state index in [0.29, 0.717) is 22.3 Å². The van der Waals surface area contributed by atoms with E-state index >= 15 is 0 Å². The maximum absolute atomic E-state index is 11.7. The minimum Gasteiger partial charge on any atom is -0.390 e. The van der Waals surface area contributed by atoms with Gasteiger partial charge in [-0.1, -0.05) is 23.2 Å². The van der Waals surface area contributed by atoms with Crippen LogP contribution in [0.3, 0.4) is 0 Å². The lowest BCUT2D eigenvalue weighted by Crippen LogP contribution is -2.40. The molecule has 7 heteroatoms. The number of carbonyl (C=O) groups is 1. The molecule has 1 unspecified atom stereocenters. The first-order valence-electron chi connectivity index (χ1n) is 6.95. The highest BCUT2D eigenvalue weighted by Crippen LogP contribution is 2.24. The average Bonchev–Trinajstić information content (AvgIpc) is 2.93. The molecule has 0 bridgehead atoms. The van der Waals surface area contributed by atoms with E-state index in [1.165, 1.54) is 12.8 Å². The van der Waals surface area contributed by atoms with Gasteiger partial charge in [0.1, 0.15) is 0 Å². The molecule has 1 saturated heterocycles. The first-order valence-corrected chi connectivity index (χ1v) is 7.70. The van der Waals surface area contributed by atoms with E-state index in [1.54, 1.807) is 18.2 Å². The Bertz CT molecular complexity index is 493. The molecule has 1 aliphatic rings. The quantitative estimate of drug-likeness (QED) is 0.776. The molecule has 0 saturated carbocycles. The molecule has 2 rings (SSSR count). The average molecular weight is 332 g/mol. The number of hydrogen-bond acceptors (Lipinski definition) is 3. The Balaban J connectivity index is 1.72. The molecule has 2 amide bonds. The van der Waals surface area contributed by atoms with Crippen LogP contribution in [-0.4, -0.2) is 48.3 Å². The number of carbonyl (C=O) groups excluding carboxylic acids is 1. The number of halogens is 2. The van der Waals surface area contributed by atoms with Crippen molar-refractivity contribution in [2.24, 2.45) is 0 Å². The Hall–Kier alpha value is -1.01. The van der Waals surface area contributed by atoms with Gasteiger partial charge in [0.25, 0.3) is 0 Å². The van der Waals surface area contributed by atoms with Gasteiger partial charge in [-0.25, -0.2) is 4.79 Å². The Morgan fingerprint density at radius 2 is 2.00 bits per heavy atom. The maximum Gasteiger partial charge on any atom is 0.319 e. The first-order chi connectivity index (χ1) is 10.0. The highest BCUT2D eigenvalue weighted by molar-refractivity contribution is 6.42. The van der Waals surface area contributed by atoms with Crippen molar-refractivity contribution in [2.75, 3.05) is 31.5 Å². The second-order valence-corrected chi connectivity index (χ2v) is 5.94. The van der Waals surface area contributed by atoms with Crippen LogP contribution in [0.4, 0.5) is 10.5 Å². The second kappa shape index (κ2) is 7.84. The number of anilines is 1. The van der Waals surface area contributed by atoms with Crippen molar-refractivity contribution in [1.82, 2.24) is 10.2 Å². The molecule has 1 heterocycles. The molecule has 1 aromatic carbocycles. The summed E-state index contributed by atoms with van der Waals surface area (Å²) in [7, 11) is 0. The van der Waals surface area contributed by atoms with Crippen LogP contribution in [0.15, 0.2) is 18.2 Å². The highest BCUT2D eigenvalue weighted by atomic mass is 35.5. The number of benzene rings is 1. The Labute approximate surface area is 134 Å². The van der Waals surface area contributed by atoms with Crippen LogP contribution in [0.25, 0.3) is 0 Å². The number of nitrogens with one attached hydrogen (secondary N) is 2. The van der Waals surface area contributed by atoms with Gasteiger partial charge >= 0.3 is 6.03 Å². The molecule has 0 spiro atoms. The predicted molar refractivity (Wildman–Crippen MR) is 85.2 cm³/mol. The van der Waals surface area contributed by atoms with Crippen molar-refractivity contribution >= 4 is 34.9 Å². The fourth-order valence-electron chi connectivity index (χ4n) is 2.29. The lowest BCUT2D eigenvalue weighted by Gasteiger charge is -2.19. The summed E-state index contributed by atoms with van der Waals surface area (Å²) in [5.74, 6) is 0. The normalized spacial score (nSPS) is 16.7. The third kappa shape index (κ3) is 5.36. The van der Waals surface area contributed by atoms with Crippen molar-refractivity contribution in [3.05, 3.63) is 28.2 Å². The number of likely N-dealkylation sites (tertiary alicyclic amines) is 1. The number of urea groups is 1. The van der Waals surface area contributed by atoms with Crippen LogP contribution < -0.4 is 10.6 Å². The fraction of sp³-hybridized carbons (Fsp3) is 0.500. The lowest BCUT2D eigenvalue weighted by atomic mass is 10.3. The van der Waals surface area contributed by atoms with E-state index in [0.717, 1.165) is 13.1 Å². The summed E-state index contributed by atoms with van der Waals surface area (Å²) in [5.41, 5.74) is 0.552. The van der Waals surface area contributed by atoms with Crippen LogP contribution in [0.5, 0.6) is 0 Å². The minimum atomic E-state index is -0.567. The highest BCUT2D eigenvalue weighted by Gasteiger charge is 2.16. The van der Waals surface area contributed by atoms with Gasteiger partial charge < -0.3 is 20.6 Å². The van der Waals surface area contributed by atoms with Gasteiger partial charge in [0.05, 0.1) is 16.1 Å². The van der Waals surface area contributed by atoms with Crippen LogP contribution in [0.2, 0.25) is 10.0 Å². The van der Waals surface area contributed by atoms with Gasteiger partial charge in [-0.3, -0.25) is 0 Å². The summed E-state index contributed by atoms with van der Waals surface area (Å²) in [4.78, 5) is 13.9. The summed E-state index contributed by atoms with van der Waals surface area (Å²) < 4.78 is 0. The lowest BCUT2D eigenvalue weighted by molar-refractivity contribution is 0.125. The van der Waals surface area contributed by atoms with Gasteiger partial charge in [-0.15, -0.1) is 0 Å². The molecule has 116 valence electrons. The van der Waals surface area contributed by atoms with Gasteiger partial charge in [-0.2, -0.15) is 0 Å².